The van der Waals surface area contributed by atoms with E-state index in [-0.39, 0.29) is 0 Å². The summed E-state index contributed by atoms with van der Waals surface area (Å²) >= 11 is 0. The second kappa shape index (κ2) is 8.87. The van der Waals surface area contributed by atoms with Crippen LogP contribution in [-0.2, 0) is 9.47 Å². The molecule has 0 atom stereocenters. The quantitative estimate of drug-likeness (QED) is 0.480. The van der Waals surface area contributed by atoms with Crippen LogP contribution in [0.5, 0.6) is 0 Å². The van der Waals surface area contributed by atoms with Gasteiger partial charge in [0.25, 0.3) is 0 Å². The second-order valence-electron chi connectivity index (χ2n) is 2.03. The van der Waals surface area contributed by atoms with Gasteiger partial charge in [-0.1, -0.05) is 11.8 Å². The molecular formula is C11H14O2. The van der Waals surface area contributed by atoms with E-state index in [4.69, 9.17) is 15.9 Å². The molecule has 0 saturated heterocycles. The molecule has 0 fully saturated rings. The number of rotatable bonds is 4. The highest BCUT2D eigenvalue weighted by Gasteiger charge is 2.00. The summed E-state index contributed by atoms with van der Waals surface area (Å²) in [6.45, 7) is 4.95. The molecule has 0 unspecified atom stereocenters. The molecule has 0 heterocycles. The molecule has 70 valence electrons. The average Bonchev–Trinajstić information content (AvgIpc) is 2.13. The van der Waals surface area contributed by atoms with E-state index < -0.39 is 6.29 Å². The lowest BCUT2D eigenvalue weighted by Crippen LogP contribution is -2.14. The number of terminal acetylenes is 1. The number of hydrogen-bond acceptors (Lipinski definition) is 2. The predicted octanol–water partition coefficient (Wildman–Crippen LogP) is 1.58. The van der Waals surface area contributed by atoms with Crippen LogP contribution in [0.4, 0.5) is 0 Å². The summed E-state index contributed by atoms with van der Waals surface area (Å²) in [6.07, 6.45) is 7.67. The zero-order valence-electron chi connectivity index (χ0n) is 8.04. The van der Waals surface area contributed by atoms with E-state index >= 15 is 0 Å². The van der Waals surface area contributed by atoms with Crippen LogP contribution in [0.1, 0.15) is 13.8 Å². The monoisotopic (exact) mass is 178 g/mol. The van der Waals surface area contributed by atoms with Crippen molar-refractivity contribution in [1.29, 1.82) is 0 Å². The van der Waals surface area contributed by atoms with Crippen molar-refractivity contribution in [1.82, 2.24) is 0 Å². The molecule has 0 aliphatic rings. The fraction of sp³-hybridized carbons (Fsp3) is 0.455. The highest BCUT2D eigenvalue weighted by molar-refractivity contribution is 5.23. The van der Waals surface area contributed by atoms with Crippen molar-refractivity contribution in [3.8, 4) is 24.2 Å². The molecule has 2 nitrogen and oxygen atoms in total. The van der Waals surface area contributed by atoms with Crippen LogP contribution in [0.25, 0.3) is 0 Å². The minimum Gasteiger partial charge on any atom is -0.342 e. The molecule has 0 spiro atoms. The Morgan fingerprint density at radius 2 is 1.85 bits per heavy atom. The molecule has 2 heteroatoms. The third-order valence-corrected chi connectivity index (χ3v) is 1.10. The lowest BCUT2D eigenvalue weighted by Gasteiger charge is -2.09. The molecule has 0 rings (SSSR count). The maximum Gasteiger partial charge on any atom is 0.222 e. The number of ether oxygens (including phenoxy) is 2. The van der Waals surface area contributed by atoms with E-state index in [1.807, 2.05) is 13.8 Å². The molecule has 13 heavy (non-hydrogen) atoms. The van der Waals surface area contributed by atoms with Gasteiger partial charge >= 0.3 is 0 Å². The van der Waals surface area contributed by atoms with Gasteiger partial charge in [-0.25, -0.2) is 0 Å². The minimum absolute atomic E-state index is 0.447. The van der Waals surface area contributed by atoms with Gasteiger partial charge in [-0.05, 0) is 31.9 Å². The summed E-state index contributed by atoms with van der Waals surface area (Å²) in [7, 11) is 0. The van der Waals surface area contributed by atoms with Crippen molar-refractivity contribution in [2.45, 2.75) is 20.1 Å². The fourth-order valence-electron chi connectivity index (χ4n) is 0.640. The Kier molecular flexibility index (Phi) is 8.04. The zero-order chi connectivity index (χ0) is 9.94. The van der Waals surface area contributed by atoms with Gasteiger partial charge in [0.05, 0.1) is 0 Å². The number of allylic oxidation sites excluding steroid dienone is 2. The molecule has 0 aromatic rings. The Hall–Kier alpha value is -1.22. The molecule has 0 N–H and O–H groups in total. The van der Waals surface area contributed by atoms with E-state index in [2.05, 4.69) is 17.8 Å². The maximum atomic E-state index is 5.18. The summed E-state index contributed by atoms with van der Waals surface area (Å²) in [5.74, 6) is 7.85. The van der Waals surface area contributed by atoms with Gasteiger partial charge in [0.2, 0.25) is 6.29 Å². The highest BCUT2D eigenvalue weighted by atomic mass is 16.7. The topological polar surface area (TPSA) is 18.5 Å². The smallest absolute Gasteiger partial charge is 0.222 e. The Balaban J connectivity index is 3.97. The van der Waals surface area contributed by atoms with Crippen LogP contribution in [0.2, 0.25) is 0 Å². The standard InChI is InChI=1S/C11H14O2/c1-4-7-8-9-10-11(12-5-2)13-6-3/h1,7-8,11H,5-6H2,2-3H3. The molecule has 0 aliphatic heterocycles. The molecule has 0 radical (unpaired) electrons. The Bertz CT molecular complexity index is 231. The Morgan fingerprint density at radius 1 is 1.23 bits per heavy atom. The first-order valence-corrected chi connectivity index (χ1v) is 4.20. The van der Waals surface area contributed by atoms with Gasteiger partial charge < -0.3 is 9.47 Å². The molecule has 0 saturated carbocycles. The van der Waals surface area contributed by atoms with E-state index in [0.29, 0.717) is 13.2 Å². The highest BCUT2D eigenvalue weighted by Crippen LogP contribution is 1.92. The maximum absolute atomic E-state index is 5.18. The summed E-state index contributed by atoms with van der Waals surface area (Å²) in [4.78, 5) is 0. The van der Waals surface area contributed by atoms with Crippen LogP contribution in [-0.4, -0.2) is 19.5 Å². The summed E-state index contributed by atoms with van der Waals surface area (Å²) in [6, 6.07) is 0. The van der Waals surface area contributed by atoms with Crippen LogP contribution >= 0.6 is 0 Å². The van der Waals surface area contributed by atoms with E-state index in [1.54, 1.807) is 6.08 Å². The molecule has 0 bridgehead atoms. The van der Waals surface area contributed by atoms with Crippen molar-refractivity contribution < 1.29 is 9.47 Å². The third kappa shape index (κ3) is 7.15. The number of hydrogen-bond donors (Lipinski definition) is 0. The van der Waals surface area contributed by atoms with Gasteiger partial charge in [-0.2, -0.15) is 0 Å². The van der Waals surface area contributed by atoms with Gasteiger partial charge in [-0.3, -0.25) is 0 Å². The van der Waals surface area contributed by atoms with Gasteiger partial charge in [0, 0.05) is 13.2 Å². The third-order valence-electron chi connectivity index (χ3n) is 1.10. The van der Waals surface area contributed by atoms with Crippen molar-refractivity contribution in [3.05, 3.63) is 12.2 Å². The normalized spacial score (nSPS) is 9.69. The second-order valence-corrected chi connectivity index (χ2v) is 2.03. The van der Waals surface area contributed by atoms with Gasteiger partial charge in [0.1, 0.15) is 0 Å². The van der Waals surface area contributed by atoms with Crippen LogP contribution in [0.3, 0.4) is 0 Å². The summed E-state index contributed by atoms with van der Waals surface area (Å²) in [5, 5.41) is 0. The largest absolute Gasteiger partial charge is 0.342 e. The first-order valence-electron chi connectivity index (χ1n) is 4.20. The van der Waals surface area contributed by atoms with Gasteiger partial charge in [0.15, 0.2) is 0 Å². The Labute approximate surface area is 79.9 Å². The first-order chi connectivity index (χ1) is 6.35. The molecule has 0 aromatic heterocycles. The fourth-order valence-corrected chi connectivity index (χ4v) is 0.640. The van der Waals surface area contributed by atoms with Crippen LogP contribution in [0, 0.1) is 24.2 Å². The van der Waals surface area contributed by atoms with Crippen LogP contribution < -0.4 is 0 Å². The van der Waals surface area contributed by atoms with Gasteiger partial charge in [-0.15, -0.1) is 6.42 Å². The van der Waals surface area contributed by atoms with Crippen molar-refractivity contribution >= 4 is 0 Å². The van der Waals surface area contributed by atoms with E-state index in [0.717, 1.165) is 0 Å². The first kappa shape index (κ1) is 11.8. The predicted molar refractivity (Wildman–Crippen MR) is 52.8 cm³/mol. The SMILES string of the molecule is C#CC=CC#CC(OCC)OCC. The lowest BCUT2D eigenvalue weighted by molar-refractivity contribution is -0.0969. The summed E-state index contributed by atoms with van der Waals surface area (Å²) in [5.41, 5.74) is 0. The lowest BCUT2D eigenvalue weighted by atomic mass is 10.5. The van der Waals surface area contributed by atoms with Crippen LogP contribution in [0.15, 0.2) is 12.2 Å². The van der Waals surface area contributed by atoms with E-state index in [1.165, 1.54) is 6.08 Å². The Morgan fingerprint density at radius 3 is 2.31 bits per heavy atom. The van der Waals surface area contributed by atoms with Crippen molar-refractivity contribution in [3.63, 3.8) is 0 Å². The zero-order valence-corrected chi connectivity index (χ0v) is 8.04. The minimum atomic E-state index is -0.447. The average molecular weight is 178 g/mol. The molecular weight excluding hydrogens is 164 g/mol. The molecule has 0 aliphatic carbocycles. The molecule has 0 aromatic carbocycles. The van der Waals surface area contributed by atoms with Crippen molar-refractivity contribution in [2.24, 2.45) is 0 Å². The van der Waals surface area contributed by atoms with E-state index in [9.17, 15) is 0 Å². The summed E-state index contributed by atoms with van der Waals surface area (Å²) < 4.78 is 10.4. The van der Waals surface area contributed by atoms with Crippen molar-refractivity contribution in [2.75, 3.05) is 13.2 Å². The molecule has 0 amide bonds.